The minimum atomic E-state index is -0.581. The minimum absolute atomic E-state index is 0.00533. The van der Waals surface area contributed by atoms with Gasteiger partial charge in [-0.2, -0.15) is 5.26 Å². The lowest BCUT2D eigenvalue weighted by Gasteiger charge is -2.30. The molecule has 1 aliphatic heterocycles. The summed E-state index contributed by atoms with van der Waals surface area (Å²) in [4.78, 5) is 29.1. The average molecular weight is 450 g/mol. The molecule has 1 aliphatic carbocycles. The predicted octanol–water partition coefficient (Wildman–Crippen LogP) is 2.25. The standard InChI is InChI=1S/C24H26N4O5/c1-31-21-7-2-14(10-15(21)12-25)23(30)27-17-3-5-18(6-4-17)33-24-19(22(26)29)11-16-13-32-9-8-20(16)28-24/h2,7,10-11,17-18H,3-6,8-9,13H2,1H3,(H2,26,29)(H,27,30). The monoisotopic (exact) mass is 450 g/mol. The number of hydrogen-bond acceptors (Lipinski definition) is 7. The Balaban J connectivity index is 1.36. The third-order valence-electron chi connectivity index (χ3n) is 6.03. The number of methoxy groups -OCH3 is 1. The van der Waals surface area contributed by atoms with Crippen molar-refractivity contribution in [3.05, 3.63) is 52.2 Å². The maximum atomic E-state index is 12.6. The van der Waals surface area contributed by atoms with Gasteiger partial charge >= 0.3 is 0 Å². The van der Waals surface area contributed by atoms with Crippen molar-refractivity contribution >= 4 is 11.8 Å². The first-order chi connectivity index (χ1) is 16.0. The van der Waals surface area contributed by atoms with Gasteiger partial charge < -0.3 is 25.3 Å². The number of nitriles is 1. The number of nitrogens with one attached hydrogen (secondary N) is 1. The van der Waals surface area contributed by atoms with Gasteiger partial charge in [-0.25, -0.2) is 4.98 Å². The predicted molar refractivity (Wildman–Crippen MR) is 118 cm³/mol. The number of fused-ring (bicyclic) bond motifs is 1. The lowest BCUT2D eigenvalue weighted by atomic mass is 9.92. The summed E-state index contributed by atoms with van der Waals surface area (Å²) in [7, 11) is 1.48. The van der Waals surface area contributed by atoms with Gasteiger partial charge in [-0.05, 0) is 49.9 Å². The number of amides is 2. The van der Waals surface area contributed by atoms with Gasteiger partial charge in [0, 0.05) is 23.6 Å². The third-order valence-corrected chi connectivity index (χ3v) is 6.03. The molecule has 9 heteroatoms. The van der Waals surface area contributed by atoms with Gasteiger partial charge in [0.15, 0.2) is 0 Å². The molecule has 0 spiro atoms. The largest absolute Gasteiger partial charge is 0.495 e. The molecule has 33 heavy (non-hydrogen) atoms. The van der Waals surface area contributed by atoms with Crippen molar-refractivity contribution in [3.63, 3.8) is 0 Å². The van der Waals surface area contributed by atoms with Gasteiger partial charge in [0.2, 0.25) is 5.88 Å². The van der Waals surface area contributed by atoms with Crippen molar-refractivity contribution in [2.75, 3.05) is 13.7 Å². The smallest absolute Gasteiger partial charge is 0.254 e. The Morgan fingerprint density at radius 3 is 2.73 bits per heavy atom. The molecule has 172 valence electrons. The van der Waals surface area contributed by atoms with E-state index in [1.54, 1.807) is 18.2 Å². The lowest BCUT2D eigenvalue weighted by Crippen LogP contribution is -2.40. The zero-order valence-corrected chi connectivity index (χ0v) is 18.4. The molecule has 2 heterocycles. The lowest BCUT2D eigenvalue weighted by molar-refractivity contribution is 0.0875. The number of ether oxygens (including phenoxy) is 3. The molecule has 1 aromatic heterocycles. The van der Waals surface area contributed by atoms with Crippen LogP contribution in [0.1, 0.15) is 63.2 Å². The molecule has 2 aliphatic rings. The SMILES string of the molecule is COc1ccc(C(=O)NC2CCC(Oc3nc4c(cc3C(N)=O)COCC4)CC2)cc1C#N. The highest BCUT2D eigenvalue weighted by molar-refractivity contribution is 5.95. The molecule has 1 aromatic carbocycles. The molecule has 0 radical (unpaired) electrons. The molecule has 1 fully saturated rings. The number of nitrogens with two attached hydrogens (primary N) is 1. The van der Waals surface area contributed by atoms with Gasteiger partial charge in [0.1, 0.15) is 23.5 Å². The van der Waals surface area contributed by atoms with Crippen LogP contribution in [-0.2, 0) is 17.8 Å². The van der Waals surface area contributed by atoms with Crippen molar-refractivity contribution < 1.29 is 23.8 Å². The quantitative estimate of drug-likeness (QED) is 0.689. The van der Waals surface area contributed by atoms with Crippen LogP contribution in [0, 0.1) is 11.3 Å². The fraction of sp³-hybridized carbons (Fsp3) is 0.417. The van der Waals surface area contributed by atoms with Gasteiger partial charge in [-0.15, -0.1) is 0 Å². The van der Waals surface area contributed by atoms with Gasteiger partial charge in [-0.1, -0.05) is 0 Å². The number of aromatic nitrogens is 1. The number of pyridine rings is 1. The molecular weight excluding hydrogens is 424 g/mol. The first-order valence-electron chi connectivity index (χ1n) is 10.9. The van der Waals surface area contributed by atoms with E-state index in [9.17, 15) is 14.9 Å². The molecule has 2 aromatic rings. The van der Waals surface area contributed by atoms with E-state index in [2.05, 4.69) is 10.3 Å². The van der Waals surface area contributed by atoms with Crippen molar-refractivity contribution in [1.29, 1.82) is 5.26 Å². The van der Waals surface area contributed by atoms with Crippen molar-refractivity contribution in [2.45, 2.75) is 50.9 Å². The number of rotatable bonds is 6. The van der Waals surface area contributed by atoms with E-state index in [1.165, 1.54) is 13.2 Å². The van der Waals surface area contributed by atoms with E-state index in [4.69, 9.17) is 19.9 Å². The summed E-state index contributed by atoms with van der Waals surface area (Å²) in [6, 6.07) is 8.54. The summed E-state index contributed by atoms with van der Waals surface area (Å²) >= 11 is 0. The summed E-state index contributed by atoms with van der Waals surface area (Å²) in [5, 5.41) is 12.3. The first kappa shape index (κ1) is 22.6. The fourth-order valence-electron chi connectivity index (χ4n) is 4.22. The summed E-state index contributed by atoms with van der Waals surface area (Å²) < 4.78 is 16.7. The van der Waals surface area contributed by atoms with Crippen LogP contribution in [0.4, 0.5) is 0 Å². The number of carbonyl (C=O) groups is 2. The van der Waals surface area contributed by atoms with Crippen LogP contribution in [0.3, 0.4) is 0 Å². The van der Waals surface area contributed by atoms with Gasteiger partial charge in [0.25, 0.3) is 11.8 Å². The second-order valence-electron chi connectivity index (χ2n) is 8.21. The Hall–Kier alpha value is -3.64. The number of primary amides is 1. The van der Waals surface area contributed by atoms with Crippen LogP contribution >= 0.6 is 0 Å². The van der Waals surface area contributed by atoms with E-state index < -0.39 is 5.91 Å². The number of nitrogens with zero attached hydrogens (tertiary/aromatic N) is 2. The second-order valence-corrected chi connectivity index (χ2v) is 8.21. The molecule has 0 atom stereocenters. The molecule has 0 bridgehead atoms. The maximum absolute atomic E-state index is 12.6. The topological polar surface area (TPSA) is 137 Å². The first-order valence-corrected chi connectivity index (χ1v) is 10.9. The Morgan fingerprint density at radius 2 is 2.03 bits per heavy atom. The molecule has 0 unspecified atom stereocenters. The van der Waals surface area contributed by atoms with Crippen molar-refractivity contribution in [1.82, 2.24) is 10.3 Å². The van der Waals surface area contributed by atoms with Crippen LogP contribution in [0.25, 0.3) is 0 Å². The molecule has 4 rings (SSSR count). The Labute approximate surface area is 191 Å². The highest BCUT2D eigenvalue weighted by atomic mass is 16.5. The van der Waals surface area contributed by atoms with Crippen molar-refractivity contribution in [3.8, 4) is 17.7 Å². The zero-order valence-electron chi connectivity index (χ0n) is 18.4. The number of carbonyl (C=O) groups excluding carboxylic acids is 2. The van der Waals surface area contributed by atoms with E-state index in [1.807, 2.05) is 6.07 Å². The summed E-state index contributed by atoms with van der Waals surface area (Å²) in [5.41, 5.74) is 8.29. The van der Waals surface area contributed by atoms with E-state index in [0.717, 1.165) is 24.1 Å². The maximum Gasteiger partial charge on any atom is 0.254 e. The summed E-state index contributed by atoms with van der Waals surface area (Å²) in [6.45, 7) is 1.00. The number of hydrogen-bond donors (Lipinski definition) is 2. The summed E-state index contributed by atoms with van der Waals surface area (Å²) in [5.74, 6) is -0.0978. The van der Waals surface area contributed by atoms with Gasteiger partial charge in [0.05, 0.1) is 31.6 Å². The second kappa shape index (κ2) is 9.88. The average Bonchev–Trinajstić information content (AvgIpc) is 2.84. The Kier molecular flexibility index (Phi) is 6.75. The molecule has 0 saturated heterocycles. The molecular formula is C24H26N4O5. The zero-order chi connectivity index (χ0) is 23.4. The van der Waals surface area contributed by atoms with E-state index in [-0.39, 0.29) is 29.5 Å². The van der Waals surface area contributed by atoms with Crippen LogP contribution in [0.5, 0.6) is 11.6 Å². The van der Waals surface area contributed by atoms with Crippen LogP contribution < -0.4 is 20.5 Å². The minimum Gasteiger partial charge on any atom is -0.495 e. The molecule has 1 saturated carbocycles. The van der Waals surface area contributed by atoms with Crippen LogP contribution in [-0.4, -0.2) is 42.7 Å². The highest BCUT2D eigenvalue weighted by Crippen LogP contribution is 2.28. The van der Waals surface area contributed by atoms with Gasteiger partial charge in [-0.3, -0.25) is 9.59 Å². The molecule has 2 amide bonds. The number of benzene rings is 1. The fourth-order valence-corrected chi connectivity index (χ4v) is 4.22. The van der Waals surface area contributed by atoms with Crippen molar-refractivity contribution in [2.24, 2.45) is 5.73 Å². The van der Waals surface area contributed by atoms with E-state index >= 15 is 0 Å². The van der Waals surface area contributed by atoms with E-state index in [0.29, 0.717) is 49.4 Å². The highest BCUT2D eigenvalue weighted by Gasteiger charge is 2.27. The summed E-state index contributed by atoms with van der Waals surface area (Å²) in [6.07, 6.45) is 3.41. The molecule has 3 N–H and O–H groups in total. The normalized spacial score (nSPS) is 19.6. The third kappa shape index (κ3) is 5.07. The van der Waals surface area contributed by atoms with Crippen LogP contribution in [0.15, 0.2) is 24.3 Å². The Morgan fingerprint density at radius 1 is 1.24 bits per heavy atom. The van der Waals surface area contributed by atoms with Crippen LogP contribution in [0.2, 0.25) is 0 Å². The Bertz CT molecular complexity index is 1100. The molecule has 9 nitrogen and oxygen atoms in total.